The minimum atomic E-state index is 0.657. The Morgan fingerprint density at radius 2 is 1.88 bits per heavy atom. The third-order valence-corrected chi connectivity index (χ3v) is 5.25. The van der Waals surface area contributed by atoms with Gasteiger partial charge in [0.05, 0.1) is 12.1 Å². The van der Waals surface area contributed by atoms with Crippen LogP contribution >= 0.6 is 11.6 Å². The van der Waals surface area contributed by atoms with Gasteiger partial charge >= 0.3 is 0 Å². The molecule has 2 heterocycles. The standard InChI is InChI=1S/C20H22ClN3O/c1-25-20-12-16(6-7-18(20)21)24-10-8-23(9-11-24)14-15-13-22-19-5-3-2-4-17(15)19/h2-7,12-13,22H,8-11,14H2,1H3. The Morgan fingerprint density at radius 1 is 1.08 bits per heavy atom. The lowest BCUT2D eigenvalue weighted by atomic mass is 10.1. The fourth-order valence-corrected chi connectivity index (χ4v) is 3.71. The van der Waals surface area contributed by atoms with E-state index in [9.17, 15) is 0 Å². The fourth-order valence-electron chi connectivity index (χ4n) is 3.51. The van der Waals surface area contributed by atoms with Crippen molar-refractivity contribution >= 4 is 28.2 Å². The second-order valence-electron chi connectivity index (χ2n) is 6.44. The number of piperazine rings is 1. The monoisotopic (exact) mass is 355 g/mol. The second-order valence-corrected chi connectivity index (χ2v) is 6.85. The molecule has 0 radical (unpaired) electrons. The first kappa shape index (κ1) is 16.3. The molecule has 5 heteroatoms. The Morgan fingerprint density at radius 3 is 2.68 bits per heavy atom. The van der Waals surface area contributed by atoms with Gasteiger partial charge < -0.3 is 14.6 Å². The molecule has 1 fully saturated rings. The largest absolute Gasteiger partial charge is 0.495 e. The summed E-state index contributed by atoms with van der Waals surface area (Å²) in [7, 11) is 1.66. The minimum Gasteiger partial charge on any atom is -0.495 e. The summed E-state index contributed by atoms with van der Waals surface area (Å²) in [5, 5.41) is 1.98. The fraction of sp³-hybridized carbons (Fsp3) is 0.300. The number of para-hydroxylation sites is 1. The van der Waals surface area contributed by atoms with Gasteiger partial charge in [0.15, 0.2) is 0 Å². The summed E-state index contributed by atoms with van der Waals surface area (Å²) in [6.45, 7) is 5.09. The molecule has 0 aliphatic carbocycles. The van der Waals surface area contributed by atoms with Crippen molar-refractivity contribution in [3.63, 3.8) is 0 Å². The van der Waals surface area contributed by atoms with E-state index in [0.717, 1.165) is 38.5 Å². The zero-order valence-corrected chi connectivity index (χ0v) is 15.1. The van der Waals surface area contributed by atoms with Crippen LogP contribution in [0, 0.1) is 0 Å². The van der Waals surface area contributed by atoms with E-state index in [1.165, 1.54) is 22.2 Å². The lowest BCUT2D eigenvalue weighted by Crippen LogP contribution is -2.45. The number of aromatic amines is 1. The van der Waals surface area contributed by atoms with Gasteiger partial charge in [0.1, 0.15) is 5.75 Å². The van der Waals surface area contributed by atoms with Crippen molar-refractivity contribution in [2.75, 3.05) is 38.2 Å². The van der Waals surface area contributed by atoms with Crippen molar-refractivity contribution in [3.8, 4) is 5.75 Å². The van der Waals surface area contributed by atoms with Gasteiger partial charge in [-0.05, 0) is 23.8 Å². The average molecular weight is 356 g/mol. The van der Waals surface area contributed by atoms with E-state index in [0.29, 0.717) is 5.02 Å². The molecule has 130 valence electrons. The third kappa shape index (κ3) is 3.32. The Balaban J connectivity index is 1.41. The van der Waals surface area contributed by atoms with Crippen molar-refractivity contribution in [1.82, 2.24) is 9.88 Å². The molecule has 1 N–H and O–H groups in total. The maximum absolute atomic E-state index is 6.13. The lowest BCUT2D eigenvalue weighted by Gasteiger charge is -2.36. The maximum atomic E-state index is 6.13. The summed E-state index contributed by atoms with van der Waals surface area (Å²) in [5.41, 5.74) is 3.76. The number of rotatable bonds is 4. The van der Waals surface area contributed by atoms with Crippen LogP contribution in [0.15, 0.2) is 48.7 Å². The molecule has 0 saturated carbocycles. The number of fused-ring (bicyclic) bond motifs is 1. The molecular formula is C20H22ClN3O. The molecule has 1 aromatic heterocycles. The Hall–Kier alpha value is -2.17. The van der Waals surface area contributed by atoms with Gasteiger partial charge in [0.2, 0.25) is 0 Å². The van der Waals surface area contributed by atoms with Gasteiger partial charge in [-0.1, -0.05) is 29.8 Å². The first-order chi connectivity index (χ1) is 12.2. The summed E-state index contributed by atoms with van der Waals surface area (Å²) in [6, 6.07) is 14.5. The van der Waals surface area contributed by atoms with E-state index < -0.39 is 0 Å². The van der Waals surface area contributed by atoms with Gasteiger partial charge in [-0.3, -0.25) is 4.90 Å². The van der Waals surface area contributed by atoms with E-state index in [1.54, 1.807) is 7.11 Å². The number of benzene rings is 2. The van der Waals surface area contributed by atoms with Gasteiger partial charge in [-0.15, -0.1) is 0 Å². The van der Waals surface area contributed by atoms with Crippen LogP contribution in [0.4, 0.5) is 5.69 Å². The predicted octanol–water partition coefficient (Wildman–Crippen LogP) is 4.15. The first-order valence-corrected chi connectivity index (χ1v) is 8.98. The number of ether oxygens (including phenoxy) is 1. The van der Waals surface area contributed by atoms with E-state index in [2.05, 4.69) is 51.3 Å². The molecule has 0 spiro atoms. The number of anilines is 1. The molecule has 0 bridgehead atoms. The number of aromatic nitrogens is 1. The van der Waals surface area contributed by atoms with Crippen molar-refractivity contribution in [3.05, 3.63) is 59.2 Å². The lowest BCUT2D eigenvalue weighted by molar-refractivity contribution is 0.250. The van der Waals surface area contributed by atoms with Crippen molar-refractivity contribution < 1.29 is 4.74 Å². The van der Waals surface area contributed by atoms with E-state index >= 15 is 0 Å². The van der Waals surface area contributed by atoms with Crippen LogP contribution in [-0.2, 0) is 6.54 Å². The summed E-state index contributed by atoms with van der Waals surface area (Å²) >= 11 is 6.13. The first-order valence-electron chi connectivity index (χ1n) is 8.60. The van der Waals surface area contributed by atoms with Crippen molar-refractivity contribution in [2.24, 2.45) is 0 Å². The van der Waals surface area contributed by atoms with Gasteiger partial charge in [-0.25, -0.2) is 0 Å². The molecule has 4 nitrogen and oxygen atoms in total. The van der Waals surface area contributed by atoms with Gasteiger partial charge in [0, 0.05) is 61.6 Å². The minimum absolute atomic E-state index is 0.657. The molecule has 1 aliphatic rings. The van der Waals surface area contributed by atoms with Crippen LogP contribution in [0.3, 0.4) is 0 Å². The number of nitrogens with one attached hydrogen (secondary N) is 1. The topological polar surface area (TPSA) is 31.5 Å². The smallest absolute Gasteiger partial charge is 0.139 e. The van der Waals surface area contributed by atoms with E-state index in [-0.39, 0.29) is 0 Å². The molecule has 1 saturated heterocycles. The molecule has 0 amide bonds. The molecule has 2 aromatic carbocycles. The van der Waals surface area contributed by atoms with Crippen molar-refractivity contribution in [1.29, 1.82) is 0 Å². The Kier molecular flexibility index (Phi) is 4.55. The number of nitrogens with zero attached hydrogens (tertiary/aromatic N) is 2. The number of halogens is 1. The quantitative estimate of drug-likeness (QED) is 0.762. The maximum Gasteiger partial charge on any atom is 0.139 e. The third-order valence-electron chi connectivity index (χ3n) is 4.94. The van der Waals surface area contributed by atoms with Crippen LogP contribution in [0.2, 0.25) is 5.02 Å². The number of hydrogen-bond donors (Lipinski definition) is 1. The van der Waals surface area contributed by atoms with Crippen LogP contribution < -0.4 is 9.64 Å². The Bertz CT molecular complexity index is 868. The molecule has 3 aromatic rings. The molecule has 1 aliphatic heterocycles. The van der Waals surface area contributed by atoms with Gasteiger partial charge in [0.25, 0.3) is 0 Å². The number of H-pyrrole nitrogens is 1. The zero-order valence-electron chi connectivity index (χ0n) is 14.3. The van der Waals surface area contributed by atoms with E-state index in [4.69, 9.17) is 16.3 Å². The highest BCUT2D eigenvalue weighted by molar-refractivity contribution is 6.32. The number of hydrogen-bond acceptors (Lipinski definition) is 3. The highest BCUT2D eigenvalue weighted by Crippen LogP contribution is 2.30. The molecular weight excluding hydrogens is 334 g/mol. The highest BCUT2D eigenvalue weighted by atomic mass is 35.5. The molecule has 0 unspecified atom stereocenters. The van der Waals surface area contributed by atoms with Crippen LogP contribution in [-0.4, -0.2) is 43.2 Å². The predicted molar refractivity (Wildman–Crippen MR) is 104 cm³/mol. The normalized spacial score (nSPS) is 15.7. The summed E-state index contributed by atoms with van der Waals surface area (Å²) in [5.74, 6) is 0.736. The summed E-state index contributed by atoms with van der Waals surface area (Å²) in [4.78, 5) is 8.27. The Labute approximate surface area is 152 Å². The average Bonchev–Trinajstić information content (AvgIpc) is 3.06. The second kappa shape index (κ2) is 6.98. The molecule has 0 atom stereocenters. The molecule has 25 heavy (non-hydrogen) atoms. The van der Waals surface area contributed by atoms with Crippen LogP contribution in [0.5, 0.6) is 5.75 Å². The number of methoxy groups -OCH3 is 1. The van der Waals surface area contributed by atoms with Gasteiger partial charge in [-0.2, -0.15) is 0 Å². The highest BCUT2D eigenvalue weighted by Gasteiger charge is 2.19. The van der Waals surface area contributed by atoms with E-state index in [1.807, 2.05) is 12.1 Å². The SMILES string of the molecule is COc1cc(N2CCN(Cc3c[nH]c4ccccc34)CC2)ccc1Cl. The summed E-state index contributed by atoms with van der Waals surface area (Å²) in [6.07, 6.45) is 2.14. The van der Waals surface area contributed by atoms with Crippen LogP contribution in [0.1, 0.15) is 5.56 Å². The molecule has 4 rings (SSSR count). The van der Waals surface area contributed by atoms with Crippen molar-refractivity contribution in [2.45, 2.75) is 6.54 Å². The zero-order chi connectivity index (χ0) is 17.2. The van der Waals surface area contributed by atoms with Crippen LogP contribution in [0.25, 0.3) is 10.9 Å². The summed E-state index contributed by atoms with van der Waals surface area (Å²) < 4.78 is 5.34.